The van der Waals surface area contributed by atoms with Gasteiger partial charge < -0.3 is 14.2 Å². The largest absolute Gasteiger partial charge is 0.469 e. The standard InChI is InChI=1S/C12H17N3O2/c1-9(2)13-8-12-15-14-11(17-12)6-5-10-4-3-7-16-10/h3-4,7,9,13H,5-6,8H2,1-2H3. The lowest BCUT2D eigenvalue weighted by Gasteiger charge is -2.03. The van der Waals surface area contributed by atoms with Gasteiger partial charge in [-0.1, -0.05) is 13.8 Å². The highest BCUT2D eigenvalue weighted by Gasteiger charge is 2.07. The van der Waals surface area contributed by atoms with E-state index in [9.17, 15) is 0 Å². The number of nitrogens with zero attached hydrogens (tertiary/aromatic N) is 2. The summed E-state index contributed by atoms with van der Waals surface area (Å²) >= 11 is 0. The van der Waals surface area contributed by atoms with Crippen molar-refractivity contribution in [3.05, 3.63) is 35.9 Å². The first-order valence-corrected chi connectivity index (χ1v) is 5.81. The Morgan fingerprint density at radius 1 is 1.24 bits per heavy atom. The van der Waals surface area contributed by atoms with Crippen LogP contribution in [0.15, 0.2) is 27.2 Å². The quantitative estimate of drug-likeness (QED) is 0.829. The molecule has 0 spiro atoms. The normalized spacial score (nSPS) is 11.2. The number of hydrogen-bond donors (Lipinski definition) is 1. The summed E-state index contributed by atoms with van der Waals surface area (Å²) in [4.78, 5) is 0. The average molecular weight is 235 g/mol. The molecule has 17 heavy (non-hydrogen) atoms. The first kappa shape index (κ1) is 11.9. The van der Waals surface area contributed by atoms with Crippen molar-refractivity contribution in [2.75, 3.05) is 0 Å². The molecule has 0 saturated carbocycles. The van der Waals surface area contributed by atoms with Gasteiger partial charge in [0.25, 0.3) is 0 Å². The van der Waals surface area contributed by atoms with Crippen molar-refractivity contribution in [3.63, 3.8) is 0 Å². The second kappa shape index (κ2) is 5.63. The van der Waals surface area contributed by atoms with Crippen LogP contribution in [0.1, 0.15) is 31.4 Å². The molecule has 92 valence electrons. The van der Waals surface area contributed by atoms with E-state index < -0.39 is 0 Å². The molecule has 0 amide bonds. The second-order valence-corrected chi connectivity index (χ2v) is 4.20. The maximum absolute atomic E-state index is 5.51. The average Bonchev–Trinajstić information content (AvgIpc) is 2.95. The van der Waals surface area contributed by atoms with Gasteiger partial charge in [-0.25, -0.2) is 0 Å². The SMILES string of the molecule is CC(C)NCc1nnc(CCc2ccco2)o1. The molecule has 2 heterocycles. The summed E-state index contributed by atoms with van der Waals surface area (Å²) in [6.07, 6.45) is 3.16. The van der Waals surface area contributed by atoms with Crippen LogP contribution in [0.3, 0.4) is 0 Å². The molecular formula is C12H17N3O2. The predicted molar refractivity (Wildman–Crippen MR) is 62.4 cm³/mol. The van der Waals surface area contributed by atoms with Crippen LogP contribution < -0.4 is 5.32 Å². The minimum atomic E-state index is 0.411. The zero-order valence-electron chi connectivity index (χ0n) is 10.1. The molecule has 0 aromatic carbocycles. The van der Waals surface area contributed by atoms with Crippen molar-refractivity contribution in [1.82, 2.24) is 15.5 Å². The Bertz CT molecular complexity index is 434. The van der Waals surface area contributed by atoms with Crippen LogP contribution in [-0.4, -0.2) is 16.2 Å². The van der Waals surface area contributed by atoms with Gasteiger partial charge in [-0.05, 0) is 12.1 Å². The lowest BCUT2D eigenvalue weighted by Crippen LogP contribution is -2.21. The third kappa shape index (κ3) is 3.71. The summed E-state index contributed by atoms with van der Waals surface area (Å²) in [5.74, 6) is 2.22. The van der Waals surface area contributed by atoms with E-state index in [1.165, 1.54) is 0 Å². The Morgan fingerprint density at radius 3 is 2.76 bits per heavy atom. The Balaban J connectivity index is 1.81. The fourth-order valence-corrected chi connectivity index (χ4v) is 1.44. The first-order valence-electron chi connectivity index (χ1n) is 5.81. The molecular weight excluding hydrogens is 218 g/mol. The van der Waals surface area contributed by atoms with Gasteiger partial charge in [-0.3, -0.25) is 0 Å². The zero-order valence-corrected chi connectivity index (χ0v) is 10.1. The monoisotopic (exact) mass is 235 g/mol. The minimum absolute atomic E-state index is 0.411. The molecule has 2 aromatic rings. The van der Waals surface area contributed by atoms with Gasteiger partial charge >= 0.3 is 0 Å². The Morgan fingerprint density at radius 2 is 2.06 bits per heavy atom. The van der Waals surface area contributed by atoms with E-state index in [1.54, 1.807) is 6.26 Å². The third-order valence-electron chi connectivity index (χ3n) is 2.34. The van der Waals surface area contributed by atoms with E-state index >= 15 is 0 Å². The molecule has 1 N–H and O–H groups in total. The van der Waals surface area contributed by atoms with Crippen LogP contribution >= 0.6 is 0 Å². The number of nitrogens with one attached hydrogen (secondary N) is 1. The smallest absolute Gasteiger partial charge is 0.230 e. The highest BCUT2D eigenvalue weighted by molar-refractivity contribution is 4.99. The molecule has 2 rings (SSSR count). The van der Waals surface area contributed by atoms with E-state index in [4.69, 9.17) is 8.83 Å². The van der Waals surface area contributed by atoms with E-state index in [0.29, 0.717) is 30.8 Å². The van der Waals surface area contributed by atoms with Gasteiger partial charge in [-0.2, -0.15) is 0 Å². The number of aromatic nitrogens is 2. The van der Waals surface area contributed by atoms with E-state index in [1.807, 2.05) is 12.1 Å². The minimum Gasteiger partial charge on any atom is -0.469 e. The Hall–Kier alpha value is -1.62. The molecule has 0 saturated heterocycles. The van der Waals surface area contributed by atoms with Crippen molar-refractivity contribution < 1.29 is 8.83 Å². The molecule has 5 nitrogen and oxygen atoms in total. The Kier molecular flexibility index (Phi) is 3.93. The highest BCUT2D eigenvalue weighted by atomic mass is 16.4. The Labute approximate surface area is 100 Å². The zero-order chi connectivity index (χ0) is 12.1. The number of hydrogen-bond acceptors (Lipinski definition) is 5. The van der Waals surface area contributed by atoms with Gasteiger partial charge in [-0.15, -0.1) is 10.2 Å². The van der Waals surface area contributed by atoms with Gasteiger partial charge in [0.15, 0.2) is 0 Å². The molecule has 0 aliphatic heterocycles. The van der Waals surface area contributed by atoms with Crippen molar-refractivity contribution in [3.8, 4) is 0 Å². The van der Waals surface area contributed by atoms with Crippen LogP contribution in [0, 0.1) is 0 Å². The van der Waals surface area contributed by atoms with Crippen molar-refractivity contribution in [2.45, 2.75) is 39.3 Å². The molecule has 5 heteroatoms. The number of rotatable bonds is 6. The number of furan rings is 1. The molecule has 0 aliphatic rings. The maximum atomic E-state index is 5.51. The molecule has 0 fully saturated rings. The molecule has 2 aromatic heterocycles. The first-order chi connectivity index (χ1) is 8.24. The third-order valence-corrected chi connectivity index (χ3v) is 2.34. The summed E-state index contributed by atoms with van der Waals surface area (Å²) in [6.45, 7) is 4.77. The highest BCUT2D eigenvalue weighted by Crippen LogP contribution is 2.07. The molecule has 0 unspecified atom stereocenters. The lowest BCUT2D eigenvalue weighted by molar-refractivity contribution is 0.414. The predicted octanol–water partition coefficient (Wildman–Crippen LogP) is 1.95. The van der Waals surface area contributed by atoms with Crippen LogP contribution in [0.4, 0.5) is 0 Å². The lowest BCUT2D eigenvalue weighted by atomic mass is 10.2. The van der Waals surface area contributed by atoms with E-state index in [-0.39, 0.29) is 0 Å². The molecule has 0 atom stereocenters. The topological polar surface area (TPSA) is 64.1 Å². The second-order valence-electron chi connectivity index (χ2n) is 4.20. The van der Waals surface area contributed by atoms with Crippen molar-refractivity contribution in [2.24, 2.45) is 0 Å². The fourth-order valence-electron chi connectivity index (χ4n) is 1.44. The summed E-state index contributed by atoms with van der Waals surface area (Å²) in [5.41, 5.74) is 0. The van der Waals surface area contributed by atoms with Gasteiger partial charge in [0.2, 0.25) is 11.8 Å². The van der Waals surface area contributed by atoms with Gasteiger partial charge in [0, 0.05) is 18.9 Å². The summed E-state index contributed by atoms with van der Waals surface area (Å²) in [5, 5.41) is 11.2. The van der Waals surface area contributed by atoms with E-state index in [2.05, 4.69) is 29.4 Å². The molecule has 0 aliphatic carbocycles. The summed E-state index contributed by atoms with van der Waals surface area (Å²) < 4.78 is 10.7. The summed E-state index contributed by atoms with van der Waals surface area (Å²) in [7, 11) is 0. The molecule has 0 bridgehead atoms. The van der Waals surface area contributed by atoms with Gasteiger partial charge in [0.1, 0.15) is 5.76 Å². The van der Waals surface area contributed by atoms with Crippen LogP contribution in [0.5, 0.6) is 0 Å². The van der Waals surface area contributed by atoms with E-state index in [0.717, 1.165) is 12.2 Å². The van der Waals surface area contributed by atoms with Crippen molar-refractivity contribution >= 4 is 0 Å². The fraction of sp³-hybridized carbons (Fsp3) is 0.500. The summed E-state index contributed by atoms with van der Waals surface area (Å²) in [6, 6.07) is 4.23. The van der Waals surface area contributed by atoms with Crippen molar-refractivity contribution in [1.29, 1.82) is 0 Å². The van der Waals surface area contributed by atoms with Crippen LogP contribution in [-0.2, 0) is 19.4 Å². The maximum Gasteiger partial charge on any atom is 0.230 e. The van der Waals surface area contributed by atoms with Crippen LogP contribution in [0.2, 0.25) is 0 Å². The van der Waals surface area contributed by atoms with Crippen LogP contribution in [0.25, 0.3) is 0 Å². The van der Waals surface area contributed by atoms with Gasteiger partial charge in [0.05, 0.1) is 12.8 Å². The molecule has 0 radical (unpaired) electrons. The number of aryl methyl sites for hydroxylation is 2.